The second-order valence-corrected chi connectivity index (χ2v) is 13.5. The number of carbonyl (C=O) groups excluding carboxylic acids is 2. The molecule has 2 atom stereocenters. The van der Waals surface area contributed by atoms with Gasteiger partial charge in [-0.05, 0) is 64.2 Å². The standard InChI is InChI=1S/C37H68NO8P/c1-3-5-7-9-11-13-15-16-17-18-20-21-23-25-27-29-36(39)43-33-35(34-45-47(41,42)44-32-31-38)46-37(40)30-28-26-24-22-19-14-12-10-8-6-4-2/h10-13,16-17,35H,3-9,14-15,18-34,38H2,1-2H3,(H,41,42)/b12-10-,13-11-,17-16-/t35-/m1/s1. The van der Waals surface area contributed by atoms with Gasteiger partial charge >= 0.3 is 19.8 Å². The first-order valence-corrected chi connectivity index (χ1v) is 20.0. The summed E-state index contributed by atoms with van der Waals surface area (Å²) in [4.78, 5) is 34.6. The molecule has 274 valence electrons. The van der Waals surface area contributed by atoms with E-state index < -0.39 is 32.5 Å². The normalized spacial score (nSPS) is 13.9. The van der Waals surface area contributed by atoms with E-state index >= 15 is 0 Å². The Morgan fingerprint density at radius 1 is 0.638 bits per heavy atom. The van der Waals surface area contributed by atoms with Gasteiger partial charge in [0.25, 0.3) is 0 Å². The lowest BCUT2D eigenvalue weighted by Gasteiger charge is -2.19. The Bertz CT molecular complexity index is 876. The van der Waals surface area contributed by atoms with Crippen molar-refractivity contribution in [3.8, 4) is 0 Å². The smallest absolute Gasteiger partial charge is 0.462 e. The van der Waals surface area contributed by atoms with E-state index in [1.165, 1.54) is 38.5 Å². The van der Waals surface area contributed by atoms with E-state index in [0.717, 1.165) is 77.0 Å². The molecule has 0 rings (SSSR count). The van der Waals surface area contributed by atoms with E-state index in [9.17, 15) is 19.0 Å². The Hall–Kier alpha value is -1.77. The number of rotatable bonds is 34. The number of unbranched alkanes of at least 4 members (excludes halogenated alkanes) is 15. The highest BCUT2D eigenvalue weighted by atomic mass is 31.2. The molecular formula is C37H68NO8P. The molecule has 9 nitrogen and oxygen atoms in total. The van der Waals surface area contributed by atoms with Crippen molar-refractivity contribution in [1.82, 2.24) is 0 Å². The van der Waals surface area contributed by atoms with Gasteiger partial charge in [0.05, 0.1) is 13.2 Å². The van der Waals surface area contributed by atoms with Gasteiger partial charge in [0, 0.05) is 19.4 Å². The Kier molecular flexibility index (Phi) is 32.8. The number of nitrogens with two attached hydrogens (primary N) is 1. The predicted octanol–water partition coefficient (Wildman–Crippen LogP) is 9.82. The highest BCUT2D eigenvalue weighted by molar-refractivity contribution is 7.47. The number of phosphoric acid groups is 1. The molecule has 0 fully saturated rings. The number of hydrogen-bond acceptors (Lipinski definition) is 8. The SMILES string of the molecule is CCCC/C=C\CCCCCCCC(=O)O[C@H](COC(=O)CCCCCCC/C=C\C/C=C\CCCCC)COP(=O)(O)OCCN. The summed E-state index contributed by atoms with van der Waals surface area (Å²) in [5, 5.41) is 0. The van der Waals surface area contributed by atoms with Crippen molar-refractivity contribution < 1.29 is 37.6 Å². The van der Waals surface area contributed by atoms with E-state index in [1.807, 2.05) is 0 Å². The lowest BCUT2D eigenvalue weighted by Crippen LogP contribution is -2.29. The zero-order chi connectivity index (χ0) is 34.7. The van der Waals surface area contributed by atoms with Gasteiger partial charge < -0.3 is 20.1 Å². The van der Waals surface area contributed by atoms with Crippen molar-refractivity contribution in [1.29, 1.82) is 0 Å². The summed E-state index contributed by atoms with van der Waals surface area (Å²) in [6.45, 7) is 3.61. The lowest BCUT2D eigenvalue weighted by molar-refractivity contribution is -0.161. The van der Waals surface area contributed by atoms with Crippen LogP contribution in [0.3, 0.4) is 0 Å². The molecule has 3 N–H and O–H groups in total. The van der Waals surface area contributed by atoms with Crippen LogP contribution in [0.4, 0.5) is 0 Å². The molecule has 0 amide bonds. The summed E-state index contributed by atoms with van der Waals surface area (Å²) in [6.07, 6.45) is 34.6. The van der Waals surface area contributed by atoms with Gasteiger partial charge in [0.15, 0.2) is 6.10 Å². The zero-order valence-electron chi connectivity index (χ0n) is 29.8. The van der Waals surface area contributed by atoms with Crippen LogP contribution >= 0.6 is 7.82 Å². The third-order valence-electron chi connectivity index (χ3n) is 7.50. The lowest BCUT2D eigenvalue weighted by atomic mass is 10.1. The Balaban J connectivity index is 4.27. The second-order valence-electron chi connectivity index (χ2n) is 12.1. The van der Waals surface area contributed by atoms with E-state index in [4.69, 9.17) is 24.3 Å². The molecule has 0 aromatic carbocycles. The molecule has 0 heterocycles. The number of carbonyl (C=O) groups is 2. The predicted molar refractivity (Wildman–Crippen MR) is 192 cm³/mol. The first-order chi connectivity index (χ1) is 22.8. The fourth-order valence-electron chi connectivity index (χ4n) is 4.70. The van der Waals surface area contributed by atoms with Crippen LogP contribution in [0.2, 0.25) is 0 Å². The van der Waals surface area contributed by atoms with Crippen molar-refractivity contribution in [2.45, 2.75) is 161 Å². The largest absolute Gasteiger partial charge is 0.472 e. The Morgan fingerprint density at radius 3 is 1.70 bits per heavy atom. The van der Waals surface area contributed by atoms with Crippen LogP contribution in [0.1, 0.15) is 155 Å². The summed E-state index contributed by atoms with van der Waals surface area (Å²) in [7, 11) is -4.37. The molecule has 0 radical (unpaired) electrons. The fourth-order valence-corrected chi connectivity index (χ4v) is 5.47. The average molecular weight is 686 g/mol. The molecule has 10 heteroatoms. The summed E-state index contributed by atoms with van der Waals surface area (Å²) >= 11 is 0. The van der Waals surface area contributed by atoms with Crippen LogP contribution in [0.25, 0.3) is 0 Å². The minimum Gasteiger partial charge on any atom is -0.462 e. The minimum atomic E-state index is -4.37. The van der Waals surface area contributed by atoms with Gasteiger partial charge in [0.1, 0.15) is 6.61 Å². The van der Waals surface area contributed by atoms with Crippen LogP contribution < -0.4 is 5.73 Å². The summed E-state index contributed by atoms with van der Waals surface area (Å²) in [5.74, 6) is -0.860. The third kappa shape index (κ3) is 33.9. The number of ether oxygens (including phenoxy) is 2. The van der Waals surface area contributed by atoms with E-state index in [-0.39, 0.29) is 32.6 Å². The maximum Gasteiger partial charge on any atom is 0.472 e. The van der Waals surface area contributed by atoms with Gasteiger partial charge in [-0.1, -0.05) is 115 Å². The quantitative estimate of drug-likeness (QED) is 0.0294. The number of hydrogen-bond donors (Lipinski definition) is 2. The van der Waals surface area contributed by atoms with E-state index in [2.05, 4.69) is 50.3 Å². The first-order valence-electron chi connectivity index (χ1n) is 18.5. The third-order valence-corrected chi connectivity index (χ3v) is 8.48. The van der Waals surface area contributed by atoms with Crippen molar-refractivity contribution in [2.75, 3.05) is 26.4 Å². The maximum atomic E-state index is 12.5. The zero-order valence-corrected chi connectivity index (χ0v) is 30.7. The average Bonchev–Trinajstić information content (AvgIpc) is 3.05. The number of phosphoric ester groups is 1. The molecule has 0 aliphatic carbocycles. The van der Waals surface area contributed by atoms with Gasteiger partial charge in [-0.3, -0.25) is 18.6 Å². The highest BCUT2D eigenvalue weighted by Gasteiger charge is 2.25. The van der Waals surface area contributed by atoms with Crippen LogP contribution in [0.5, 0.6) is 0 Å². The monoisotopic (exact) mass is 685 g/mol. The summed E-state index contributed by atoms with van der Waals surface area (Å²) < 4.78 is 32.6. The minimum absolute atomic E-state index is 0.0494. The Labute approximate surface area is 286 Å². The molecule has 0 aromatic rings. The van der Waals surface area contributed by atoms with Gasteiger partial charge in [0.2, 0.25) is 0 Å². The molecule has 0 aliphatic heterocycles. The van der Waals surface area contributed by atoms with Gasteiger partial charge in [-0.2, -0.15) is 0 Å². The van der Waals surface area contributed by atoms with E-state index in [0.29, 0.717) is 12.8 Å². The Morgan fingerprint density at radius 2 is 1.13 bits per heavy atom. The maximum absolute atomic E-state index is 12.5. The summed E-state index contributed by atoms with van der Waals surface area (Å²) in [5.41, 5.74) is 5.32. The molecule has 1 unspecified atom stereocenters. The molecule has 0 saturated heterocycles. The molecule has 0 bridgehead atoms. The van der Waals surface area contributed by atoms with Crippen LogP contribution in [0, 0.1) is 0 Å². The summed E-state index contributed by atoms with van der Waals surface area (Å²) in [6, 6.07) is 0. The van der Waals surface area contributed by atoms with E-state index in [1.54, 1.807) is 0 Å². The van der Waals surface area contributed by atoms with Gasteiger partial charge in [-0.15, -0.1) is 0 Å². The van der Waals surface area contributed by atoms with Crippen LogP contribution in [-0.2, 0) is 32.7 Å². The van der Waals surface area contributed by atoms with Crippen molar-refractivity contribution in [3.63, 3.8) is 0 Å². The van der Waals surface area contributed by atoms with Crippen molar-refractivity contribution >= 4 is 19.8 Å². The molecule has 0 aromatic heterocycles. The number of esters is 2. The molecule has 0 aliphatic rings. The van der Waals surface area contributed by atoms with Crippen molar-refractivity contribution in [2.24, 2.45) is 5.73 Å². The molecule has 47 heavy (non-hydrogen) atoms. The van der Waals surface area contributed by atoms with Gasteiger partial charge in [-0.25, -0.2) is 4.57 Å². The van der Waals surface area contributed by atoms with Crippen LogP contribution in [0.15, 0.2) is 36.5 Å². The fraction of sp³-hybridized carbons (Fsp3) is 0.784. The highest BCUT2D eigenvalue weighted by Crippen LogP contribution is 2.43. The molecular weight excluding hydrogens is 617 g/mol. The first kappa shape index (κ1) is 45.2. The van der Waals surface area contributed by atoms with Crippen molar-refractivity contribution in [3.05, 3.63) is 36.5 Å². The number of allylic oxidation sites excluding steroid dienone is 6. The second kappa shape index (κ2) is 34.1. The topological polar surface area (TPSA) is 134 Å². The molecule has 0 saturated carbocycles. The molecule has 0 spiro atoms. The van der Waals surface area contributed by atoms with Crippen LogP contribution in [-0.4, -0.2) is 49.3 Å².